The lowest BCUT2D eigenvalue weighted by atomic mass is 10.2. The number of amides is 3. The highest BCUT2D eigenvalue weighted by molar-refractivity contribution is 5.96. The van der Waals surface area contributed by atoms with Crippen LogP contribution in [0, 0.1) is 0 Å². The number of nitrogens with one attached hydrogen (secondary N) is 2. The highest BCUT2D eigenvalue weighted by Gasteiger charge is 2.09. The second kappa shape index (κ2) is 7.13. The van der Waals surface area contributed by atoms with Crippen LogP contribution in [0.4, 0.5) is 10.5 Å². The van der Waals surface area contributed by atoms with Crippen LogP contribution in [0.3, 0.4) is 0 Å². The van der Waals surface area contributed by atoms with Crippen molar-refractivity contribution >= 4 is 23.6 Å². The third kappa shape index (κ3) is 4.97. The molecule has 0 saturated heterocycles. The number of carbonyl (C=O) groups is 3. The first-order valence-corrected chi connectivity index (χ1v) is 5.98. The standard InChI is InChI=1S/C13H17N3O4/c1-16(2)13(20)15-10-5-3-4-9(8-10)12(19)14-7-6-11(17)18/h3-5,8H,6-7H2,1-2H3,(H,14,19)(H,15,20)(H,17,18). The molecule has 108 valence electrons. The van der Waals surface area contributed by atoms with Gasteiger partial charge in [0, 0.05) is 31.9 Å². The van der Waals surface area contributed by atoms with Crippen molar-refractivity contribution in [2.45, 2.75) is 6.42 Å². The molecule has 0 atom stereocenters. The number of urea groups is 1. The molecule has 0 saturated carbocycles. The fourth-order valence-corrected chi connectivity index (χ4v) is 1.36. The van der Waals surface area contributed by atoms with E-state index in [4.69, 9.17) is 5.11 Å². The first kappa shape index (κ1) is 15.5. The molecule has 3 N–H and O–H groups in total. The van der Waals surface area contributed by atoms with Crippen molar-refractivity contribution in [3.63, 3.8) is 0 Å². The maximum atomic E-state index is 11.8. The summed E-state index contributed by atoms with van der Waals surface area (Å²) in [5.41, 5.74) is 0.849. The molecule has 0 radical (unpaired) electrons. The maximum Gasteiger partial charge on any atom is 0.321 e. The normalized spacial score (nSPS) is 9.70. The van der Waals surface area contributed by atoms with Crippen LogP contribution in [-0.2, 0) is 4.79 Å². The van der Waals surface area contributed by atoms with Gasteiger partial charge in [-0.1, -0.05) is 6.07 Å². The Morgan fingerprint density at radius 3 is 2.55 bits per heavy atom. The fraction of sp³-hybridized carbons (Fsp3) is 0.308. The van der Waals surface area contributed by atoms with Gasteiger partial charge in [-0.2, -0.15) is 0 Å². The number of hydrogen-bond donors (Lipinski definition) is 3. The van der Waals surface area contributed by atoms with Gasteiger partial charge in [-0.05, 0) is 18.2 Å². The summed E-state index contributed by atoms with van der Waals surface area (Å²) in [5, 5.41) is 13.6. The van der Waals surface area contributed by atoms with Gasteiger partial charge >= 0.3 is 12.0 Å². The Balaban J connectivity index is 2.65. The van der Waals surface area contributed by atoms with Crippen molar-refractivity contribution in [1.29, 1.82) is 0 Å². The third-order valence-electron chi connectivity index (χ3n) is 2.41. The van der Waals surface area contributed by atoms with Crippen LogP contribution < -0.4 is 10.6 Å². The monoisotopic (exact) mass is 279 g/mol. The SMILES string of the molecule is CN(C)C(=O)Nc1cccc(C(=O)NCCC(=O)O)c1. The number of rotatable bonds is 5. The van der Waals surface area contributed by atoms with Crippen LogP contribution >= 0.6 is 0 Å². The van der Waals surface area contributed by atoms with Crippen LogP contribution in [0.5, 0.6) is 0 Å². The Morgan fingerprint density at radius 2 is 1.95 bits per heavy atom. The molecule has 0 aliphatic rings. The van der Waals surface area contributed by atoms with E-state index in [1.807, 2.05) is 0 Å². The summed E-state index contributed by atoms with van der Waals surface area (Å²) in [6.07, 6.45) is -0.136. The minimum absolute atomic E-state index is 0.0580. The number of carboxylic acid groups (broad SMARTS) is 1. The van der Waals surface area contributed by atoms with Crippen molar-refractivity contribution in [2.75, 3.05) is 26.0 Å². The molecule has 0 bridgehead atoms. The summed E-state index contributed by atoms with van der Waals surface area (Å²) >= 11 is 0. The molecule has 0 aliphatic heterocycles. The quantitative estimate of drug-likeness (QED) is 0.748. The topological polar surface area (TPSA) is 98.7 Å². The molecule has 1 aromatic rings. The molecule has 1 aromatic carbocycles. The first-order chi connectivity index (χ1) is 9.40. The van der Waals surface area contributed by atoms with E-state index in [0.29, 0.717) is 11.3 Å². The zero-order valence-corrected chi connectivity index (χ0v) is 11.3. The Hall–Kier alpha value is -2.57. The van der Waals surface area contributed by atoms with Crippen molar-refractivity contribution < 1.29 is 19.5 Å². The second-order valence-corrected chi connectivity index (χ2v) is 4.31. The number of aliphatic carboxylic acids is 1. The van der Waals surface area contributed by atoms with Gasteiger partial charge in [-0.15, -0.1) is 0 Å². The Kier molecular flexibility index (Phi) is 5.52. The van der Waals surface area contributed by atoms with Gasteiger partial charge in [0.15, 0.2) is 0 Å². The van der Waals surface area contributed by atoms with E-state index >= 15 is 0 Å². The number of anilines is 1. The summed E-state index contributed by atoms with van der Waals surface area (Å²) in [6, 6.07) is 6.11. The summed E-state index contributed by atoms with van der Waals surface area (Å²) in [4.78, 5) is 35.0. The van der Waals surface area contributed by atoms with E-state index in [1.54, 1.807) is 32.3 Å². The lowest BCUT2D eigenvalue weighted by Crippen LogP contribution is -2.28. The van der Waals surface area contributed by atoms with Gasteiger partial charge in [0.2, 0.25) is 0 Å². The molecule has 0 fully saturated rings. The van der Waals surface area contributed by atoms with Crippen molar-refractivity contribution in [1.82, 2.24) is 10.2 Å². The smallest absolute Gasteiger partial charge is 0.321 e. The fourth-order valence-electron chi connectivity index (χ4n) is 1.36. The molecule has 1 rings (SSSR count). The molecule has 7 heteroatoms. The van der Waals surface area contributed by atoms with Gasteiger partial charge in [-0.25, -0.2) is 4.79 Å². The lowest BCUT2D eigenvalue weighted by molar-refractivity contribution is -0.136. The van der Waals surface area contributed by atoms with Gasteiger partial charge < -0.3 is 20.6 Å². The van der Waals surface area contributed by atoms with Crippen LogP contribution in [0.1, 0.15) is 16.8 Å². The Morgan fingerprint density at radius 1 is 1.25 bits per heavy atom. The lowest BCUT2D eigenvalue weighted by Gasteiger charge is -2.12. The van der Waals surface area contributed by atoms with Gasteiger partial charge in [0.25, 0.3) is 5.91 Å². The average Bonchev–Trinajstić information content (AvgIpc) is 2.38. The molecule has 3 amide bonds. The number of nitrogens with zero attached hydrogens (tertiary/aromatic N) is 1. The van der Waals surface area contributed by atoms with E-state index < -0.39 is 5.97 Å². The van der Waals surface area contributed by atoms with E-state index in [-0.39, 0.29) is 24.9 Å². The minimum Gasteiger partial charge on any atom is -0.481 e. The minimum atomic E-state index is -0.975. The summed E-state index contributed by atoms with van der Waals surface area (Å²) < 4.78 is 0. The van der Waals surface area contributed by atoms with E-state index in [0.717, 1.165) is 0 Å². The van der Waals surface area contributed by atoms with Crippen LogP contribution in [0.25, 0.3) is 0 Å². The molecule has 0 spiro atoms. The van der Waals surface area contributed by atoms with Crippen molar-refractivity contribution in [3.05, 3.63) is 29.8 Å². The summed E-state index contributed by atoms with van der Waals surface area (Å²) in [5.74, 6) is -1.36. The van der Waals surface area contributed by atoms with Gasteiger partial charge in [0.05, 0.1) is 6.42 Å². The Labute approximate surface area is 116 Å². The predicted molar refractivity (Wildman–Crippen MR) is 73.7 cm³/mol. The van der Waals surface area contributed by atoms with Gasteiger partial charge in [0.1, 0.15) is 0 Å². The van der Waals surface area contributed by atoms with Crippen LogP contribution in [0.15, 0.2) is 24.3 Å². The summed E-state index contributed by atoms with van der Waals surface area (Å²) in [6.45, 7) is 0.0580. The van der Waals surface area contributed by atoms with Crippen molar-refractivity contribution in [3.8, 4) is 0 Å². The predicted octanol–water partition coefficient (Wildman–Crippen LogP) is 0.985. The van der Waals surface area contributed by atoms with E-state index in [9.17, 15) is 14.4 Å². The van der Waals surface area contributed by atoms with Crippen LogP contribution in [0.2, 0.25) is 0 Å². The molecule has 0 aliphatic carbocycles. The number of benzene rings is 1. The average molecular weight is 279 g/mol. The summed E-state index contributed by atoms with van der Waals surface area (Å²) in [7, 11) is 3.22. The maximum absolute atomic E-state index is 11.8. The largest absolute Gasteiger partial charge is 0.481 e. The number of carbonyl (C=O) groups excluding carboxylic acids is 2. The molecular weight excluding hydrogens is 262 g/mol. The van der Waals surface area contributed by atoms with E-state index in [1.165, 1.54) is 11.0 Å². The highest BCUT2D eigenvalue weighted by Crippen LogP contribution is 2.11. The number of carboxylic acids is 1. The molecule has 20 heavy (non-hydrogen) atoms. The molecule has 7 nitrogen and oxygen atoms in total. The number of hydrogen-bond acceptors (Lipinski definition) is 3. The second-order valence-electron chi connectivity index (χ2n) is 4.31. The first-order valence-electron chi connectivity index (χ1n) is 5.98. The van der Waals surface area contributed by atoms with Gasteiger partial charge in [-0.3, -0.25) is 9.59 Å². The zero-order valence-electron chi connectivity index (χ0n) is 11.3. The molecular formula is C13H17N3O4. The molecule has 0 unspecified atom stereocenters. The van der Waals surface area contributed by atoms with Crippen molar-refractivity contribution in [2.24, 2.45) is 0 Å². The molecule has 0 heterocycles. The van der Waals surface area contributed by atoms with Crippen LogP contribution in [-0.4, -0.2) is 48.6 Å². The zero-order chi connectivity index (χ0) is 15.1. The van der Waals surface area contributed by atoms with E-state index in [2.05, 4.69) is 10.6 Å². The molecule has 0 aromatic heterocycles. The third-order valence-corrected chi connectivity index (χ3v) is 2.41. The Bertz CT molecular complexity index is 514. The highest BCUT2D eigenvalue weighted by atomic mass is 16.4.